The number of Topliss-reactive ketones (excluding diaryl/α,β-unsaturated/α-hetero) is 1. The van der Waals surface area contributed by atoms with Crippen LogP contribution in [0.3, 0.4) is 0 Å². The monoisotopic (exact) mass is 537 g/mol. The van der Waals surface area contributed by atoms with Crippen molar-refractivity contribution in [1.82, 2.24) is 4.57 Å². The van der Waals surface area contributed by atoms with Gasteiger partial charge in [-0.1, -0.05) is 32.3 Å². The van der Waals surface area contributed by atoms with E-state index in [9.17, 15) is 14.4 Å². The van der Waals surface area contributed by atoms with Gasteiger partial charge in [0.05, 0.1) is 0 Å². The molecule has 0 spiro atoms. The third-order valence-electron chi connectivity index (χ3n) is 7.07. The summed E-state index contributed by atoms with van der Waals surface area (Å²) in [6.07, 6.45) is 4.83. The molecule has 0 amide bonds. The minimum absolute atomic E-state index is 0.117. The number of aromatic nitrogens is 1. The molecule has 2 aromatic heterocycles. The van der Waals surface area contributed by atoms with Crippen molar-refractivity contribution in [3.05, 3.63) is 99.7 Å². The normalized spacial score (nSPS) is 11.2. The molecule has 0 aliphatic heterocycles. The number of carbonyl (C=O) groups is 3. The van der Waals surface area contributed by atoms with Gasteiger partial charge in [0.2, 0.25) is 0 Å². The topological polar surface area (TPSA) is 65.4 Å². The number of thiophene rings is 1. The second-order valence-electron chi connectivity index (χ2n) is 9.66. The Bertz CT molecular complexity index is 1650. The van der Waals surface area contributed by atoms with E-state index in [0.29, 0.717) is 28.2 Å². The summed E-state index contributed by atoms with van der Waals surface area (Å²) in [5.74, 6) is 0.0186. The fourth-order valence-corrected chi connectivity index (χ4v) is 5.61. The number of carbonyl (C=O) groups excluding carboxylic acids is 3. The largest absolute Gasteiger partial charge is 0.422 e. The van der Waals surface area contributed by atoms with Gasteiger partial charge in [-0.15, -0.1) is 11.3 Å². The molecule has 0 atom stereocenters. The zero-order chi connectivity index (χ0) is 27.4. The summed E-state index contributed by atoms with van der Waals surface area (Å²) in [5, 5.41) is 3.76. The van der Waals surface area contributed by atoms with Crippen LogP contribution in [0.15, 0.2) is 78.2 Å². The molecule has 5 nitrogen and oxygen atoms in total. The van der Waals surface area contributed by atoms with Gasteiger partial charge in [-0.3, -0.25) is 9.59 Å². The number of rotatable bonds is 11. The number of hydrogen-bond donors (Lipinski definition) is 0. The van der Waals surface area contributed by atoms with Crippen LogP contribution in [0, 0.1) is 0 Å². The van der Waals surface area contributed by atoms with Gasteiger partial charge in [-0.05, 0) is 85.5 Å². The molecule has 2 heterocycles. The summed E-state index contributed by atoms with van der Waals surface area (Å²) < 4.78 is 7.63. The second kappa shape index (κ2) is 11.8. The van der Waals surface area contributed by atoms with Crippen LogP contribution in [0.25, 0.3) is 21.8 Å². The van der Waals surface area contributed by atoms with E-state index in [1.807, 2.05) is 41.8 Å². The number of hydrogen-bond acceptors (Lipinski definition) is 5. The van der Waals surface area contributed by atoms with E-state index in [2.05, 4.69) is 18.4 Å². The van der Waals surface area contributed by atoms with Crippen LogP contribution in [0.1, 0.15) is 81.9 Å². The van der Waals surface area contributed by atoms with Gasteiger partial charge in [-0.25, -0.2) is 4.79 Å². The van der Waals surface area contributed by atoms with Crippen LogP contribution in [0.5, 0.6) is 5.75 Å². The zero-order valence-corrected chi connectivity index (χ0v) is 23.1. The summed E-state index contributed by atoms with van der Waals surface area (Å²) in [4.78, 5) is 39.0. The van der Waals surface area contributed by atoms with Crippen LogP contribution in [-0.4, -0.2) is 22.1 Å². The molecular formula is C33H31NO4S. The molecule has 0 aliphatic carbocycles. The fraction of sp³-hybridized carbons (Fsp3) is 0.242. The summed E-state index contributed by atoms with van der Waals surface area (Å²) >= 11 is 1.32. The lowest BCUT2D eigenvalue weighted by molar-refractivity contribution is 0.0739. The first-order chi connectivity index (χ1) is 19.0. The maximum atomic E-state index is 13.4. The van der Waals surface area contributed by atoms with Crippen LogP contribution in [0.4, 0.5) is 0 Å². The number of nitrogens with zero attached hydrogens (tertiary/aromatic N) is 1. The number of fused-ring (bicyclic) bond motifs is 3. The number of esters is 1. The Morgan fingerprint density at radius 1 is 0.769 bits per heavy atom. The lowest BCUT2D eigenvalue weighted by Crippen LogP contribution is -2.07. The predicted molar refractivity (Wildman–Crippen MR) is 157 cm³/mol. The maximum Gasteiger partial charge on any atom is 0.353 e. The zero-order valence-electron chi connectivity index (χ0n) is 22.2. The summed E-state index contributed by atoms with van der Waals surface area (Å²) in [5.41, 5.74) is 3.88. The highest BCUT2D eigenvalue weighted by atomic mass is 32.1. The lowest BCUT2D eigenvalue weighted by Gasteiger charge is -2.06. The van der Waals surface area contributed by atoms with Gasteiger partial charge in [0.15, 0.2) is 11.6 Å². The molecule has 5 aromatic rings. The first kappa shape index (κ1) is 26.6. The van der Waals surface area contributed by atoms with Gasteiger partial charge in [0.1, 0.15) is 10.6 Å². The molecule has 5 rings (SSSR count). The van der Waals surface area contributed by atoms with Gasteiger partial charge in [0, 0.05) is 51.5 Å². The van der Waals surface area contributed by atoms with Gasteiger partial charge < -0.3 is 9.30 Å². The molecule has 0 N–H and O–H groups in total. The molecule has 0 fully saturated rings. The number of aryl methyl sites for hydroxylation is 1. The number of benzene rings is 3. The van der Waals surface area contributed by atoms with E-state index in [0.717, 1.165) is 59.6 Å². The number of ketones is 2. The van der Waals surface area contributed by atoms with Crippen molar-refractivity contribution in [2.24, 2.45) is 0 Å². The highest BCUT2D eigenvalue weighted by molar-refractivity contribution is 7.12. The molecule has 0 saturated heterocycles. The maximum absolute atomic E-state index is 13.4. The Balaban J connectivity index is 1.42. The van der Waals surface area contributed by atoms with Crippen molar-refractivity contribution in [1.29, 1.82) is 0 Å². The van der Waals surface area contributed by atoms with E-state index in [1.165, 1.54) is 11.3 Å². The van der Waals surface area contributed by atoms with Gasteiger partial charge >= 0.3 is 5.97 Å². The van der Waals surface area contributed by atoms with Crippen LogP contribution in [0.2, 0.25) is 0 Å². The Kier molecular flexibility index (Phi) is 8.03. The van der Waals surface area contributed by atoms with E-state index in [1.54, 1.807) is 36.4 Å². The van der Waals surface area contributed by atoms with E-state index in [-0.39, 0.29) is 11.6 Å². The highest BCUT2D eigenvalue weighted by Crippen LogP contribution is 2.32. The predicted octanol–water partition coefficient (Wildman–Crippen LogP) is 8.48. The Morgan fingerprint density at radius 3 is 2.08 bits per heavy atom. The van der Waals surface area contributed by atoms with Crippen LogP contribution >= 0.6 is 11.3 Å². The first-order valence-electron chi connectivity index (χ1n) is 13.5. The molecule has 3 aromatic carbocycles. The van der Waals surface area contributed by atoms with Crippen molar-refractivity contribution in [3.8, 4) is 5.75 Å². The van der Waals surface area contributed by atoms with Crippen molar-refractivity contribution < 1.29 is 19.1 Å². The summed E-state index contributed by atoms with van der Waals surface area (Å²) in [6, 6.07) is 21.8. The number of unbranched alkanes of at least 4 members (excludes halogenated alkanes) is 3. The molecule has 0 saturated carbocycles. The molecule has 39 heavy (non-hydrogen) atoms. The Morgan fingerprint density at radius 2 is 1.44 bits per heavy atom. The van der Waals surface area contributed by atoms with Crippen LogP contribution < -0.4 is 4.74 Å². The summed E-state index contributed by atoms with van der Waals surface area (Å²) in [6.45, 7) is 5.04. The van der Waals surface area contributed by atoms with Crippen molar-refractivity contribution in [2.75, 3.05) is 0 Å². The second-order valence-corrected chi connectivity index (χ2v) is 10.6. The third kappa shape index (κ3) is 5.57. The molecule has 0 aliphatic rings. The van der Waals surface area contributed by atoms with Gasteiger partial charge in [-0.2, -0.15) is 0 Å². The minimum Gasteiger partial charge on any atom is -0.422 e. The Labute approximate surface area is 232 Å². The molecule has 0 radical (unpaired) electrons. The number of ether oxygens (including phenoxy) is 1. The average Bonchev–Trinajstić information content (AvgIpc) is 3.61. The smallest absolute Gasteiger partial charge is 0.353 e. The van der Waals surface area contributed by atoms with Crippen molar-refractivity contribution in [3.63, 3.8) is 0 Å². The van der Waals surface area contributed by atoms with Crippen LogP contribution in [-0.2, 0) is 6.54 Å². The van der Waals surface area contributed by atoms with Gasteiger partial charge in [0.25, 0.3) is 0 Å². The highest BCUT2D eigenvalue weighted by Gasteiger charge is 2.17. The van der Waals surface area contributed by atoms with E-state index < -0.39 is 5.97 Å². The summed E-state index contributed by atoms with van der Waals surface area (Å²) in [7, 11) is 0. The molecule has 0 bridgehead atoms. The third-order valence-corrected chi connectivity index (χ3v) is 7.92. The molecule has 0 unspecified atom stereocenters. The standard InChI is InChI=1S/C33H31NO4S/c1-3-5-6-7-9-30(35)23-13-17-28-26(20-23)27-21-24(14-18-29(27)34(28)4-2)32(36)22-11-15-25(16-12-22)38-33(37)31-10-8-19-39-31/h8,10-21H,3-7,9H2,1-2H3. The quantitative estimate of drug-likeness (QED) is 0.0733. The average molecular weight is 538 g/mol. The SMILES string of the molecule is CCCCCCC(=O)c1ccc2c(c1)c1cc(C(=O)c3ccc(OC(=O)c4cccs4)cc3)ccc1n2CC. The van der Waals surface area contributed by atoms with Crippen molar-refractivity contribution >= 4 is 50.7 Å². The van der Waals surface area contributed by atoms with E-state index >= 15 is 0 Å². The minimum atomic E-state index is -0.416. The Hall–Kier alpha value is -4.03. The molecule has 198 valence electrons. The van der Waals surface area contributed by atoms with Crippen molar-refractivity contribution in [2.45, 2.75) is 52.5 Å². The first-order valence-corrected chi connectivity index (χ1v) is 14.4. The molecular weight excluding hydrogens is 506 g/mol. The molecule has 6 heteroatoms. The fourth-order valence-electron chi connectivity index (χ4n) is 5.01. The lowest BCUT2D eigenvalue weighted by atomic mass is 9.99. The van der Waals surface area contributed by atoms with E-state index in [4.69, 9.17) is 4.74 Å².